The summed E-state index contributed by atoms with van der Waals surface area (Å²) in [7, 11) is 3.33. The number of rotatable bonds is 8. The molecule has 5 rings (SSSR count). The zero-order valence-corrected chi connectivity index (χ0v) is 21.7. The molecule has 2 aliphatic heterocycles. The Morgan fingerprint density at radius 1 is 0.919 bits per heavy atom. The lowest BCUT2D eigenvalue weighted by molar-refractivity contribution is -0.134. The Morgan fingerprint density at radius 3 is 2.43 bits per heavy atom. The van der Waals surface area contributed by atoms with Gasteiger partial charge in [-0.05, 0) is 62.0 Å². The quantitative estimate of drug-likeness (QED) is 0.422. The van der Waals surface area contributed by atoms with E-state index in [1.54, 1.807) is 19.2 Å². The minimum atomic E-state index is -0.208. The first kappa shape index (κ1) is 25.0. The fourth-order valence-electron chi connectivity index (χ4n) is 5.46. The number of hydrogen-bond acceptors (Lipinski definition) is 5. The van der Waals surface area contributed by atoms with E-state index in [1.807, 2.05) is 48.5 Å². The third-order valence-electron chi connectivity index (χ3n) is 7.50. The molecule has 0 bridgehead atoms. The van der Waals surface area contributed by atoms with Gasteiger partial charge >= 0.3 is 0 Å². The molecule has 2 heterocycles. The Hall–Kier alpha value is -3.64. The van der Waals surface area contributed by atoms with E-state index < -0.39 is 0 Å². The summed E-state index contributed by atoms with van der Waals surface area (Å²) >= 11 is 0. The van der Waals surface area contributed by atoms with Crippen molar-refractivity contribution < 1.29 is 14.3 Å². The first-order chi connectivity index (χ1) is 18.1. The van der Waals surface area contributed by atoms with Crippen LogP contribution in [-0.2, 0) is 11.2 Å². The van der Waals surface area contributed by atoms with Crippen molar-refractivity contribution >= 4 is 11.6 Å². The van der Waals surface area contributed by atoms with Gasteiger partial charge in [0.2, 0.25) is 0 Å². The monoisotopic (exact) mass is 497 g/mol. The molecule has 0 saturated carbocycles. The molecule has 0 aliphatic carbocycles. The standard InChI is InChI=1S/C31H35N3O3/c1-36-26-12-8-11-25(20-26)28-21-29(27-13-6-7-14-30(27)37-2)34(32-28)31(35)22-33-17-15-24(16-18-33)19-23-9-4-3-5-10-23/h3-14,20,24,29H,15-19,21-22H2,1-2H3. The minimum absolute atomic E-state index is 0.0234. The molecule has 6 nitrogen and oxygen atoms in total. The largest absolute Gasteiger partial charge is 0.497 e. The lowest BCUT2D eigenvalue weighted by Crippen LogP contribution is -2.42. The van der Waals surface area contributed by atoms with Crippen LogP contribution in [0.15, 0.2) is 84.0 Å². The van der Waals surface area contributed by atoms with Gasteiger partial charge in [0.05, 0.1) is 32.5 Å². The van der Waals surface area contributed by atoms with Gasteiger partial charge in [0.15, 0.2) is 0 Å². The number of carbonyl (C=O) groups is 1. The predicted molar refractivity (Wildman–Crippen MR) is 146 cm³/mol. The van der Waals surface area contributed by atoms with Gasteiger partial charge in [-0.15, -0.1) is 0 Å². The Morgan fingerprint density at radius 2 is 1.68 bits per heavy atom. The smallest absolute Gasteiger partial charge is 0.257 e. The third-order valence-corrected chi connectivity index (χ3v) is 7.50. The zero-order valence-electron chi connectivity index (χ0n) is 21.7. The van der Waals surface area contributed by atoms with Gasteiger partial charge in [0.1, 0.15) is 11.5 Å². The highest BCUT2D eigenvalue weighted by Crippen LogP contribution is 2.38. The molecule has 6 heteroatoms. The van der Waals surface area contributed by atoms with E-state index in [2.05, 4.69) is 35.2 Å². The van der Waals surface area contributed by atoms with Crippen LogP contribution in [-0.4, -0.2) is 55.4 Å². The molecular weight excluding hydrogens is 462 g/mol. The number of nitrogens with zero attached hydrogens (tertiary/aromatic N) is 3. The molecule has 2 aliphatic rings. The summed E-state index contributed by atoms with van der Waals surface area (Å²) in [6, 6.07) is 26.3. The van der Waals surface area contributed by atoms with Crippen molar-refractivity contribution in [2.75, 3.05) is 33.9 Å². The highest BCUT2D eigenvalue weighted by molar-refractivity contribution is 6.03. The van der Waals surface area contributed by atoms with Crippen molar-refractivity contribution in [2.24, 2.45) is 11.0 Å². The van der Waals surface area contributed by atoms with Crippen LogP contribution in [0.4, 0.5) is 0 Å². The van der Waals surface area contributed by atoms with Crippen LogP contribution >= 0.6 is 0 Å². The second-order valence-electron chi connectivity index (χ2n) is 9.89. The third kappa shape index (κ3) is 5.86. The number of hydrogen-bond donors (Lipinski definition) is 0. The SMILES string of the molecule is COc1cccc(C2=NN(C(=O)CN3CCC(Cc4ccccc4)CC3)C(c3ccccc3OC)C2)c1. The molecule has 1 unspecified atom stereocenters. The summed E-state index contributed by atoms with van der Waals surface area (Å²) < 4.78 is 11.1. The number of amides is 1. The summed E-state index contributed by atoms with van der Waals surface area (Å²) in [4.78, 5) is 16.0. The number of methoxy groups -OCH3 is 2. The van der Waals surface area contributed by atoms with Crippen LogP contribution in [0.5, 0.6) is 11.5 Å². The molecule has 0 spiro atoms. The van der Waals surface area contributed by atoms with E-state index in [1.165, 1.54) is 5.56 Å². The van der Waals surface area contributed by atoms with Crippen LogP contribution in [0.3, 0.4) is 0 Å². The molecule has 0 aromatic heterocycles. The molecule has 37 heavy (non-hydrogen) atoms. The Kier molecular flexibility index (Phi) is 7.85. The molecule has 1 saturated heterocycles. The van der Waals surface area contributed by atoms with Gasteiger partial charge in [-0.3, -0.25) is 9.69 Å². The predicted octanol–water partition coefficient (Wildman–Crippen LogP) is 5.34. The van der Waals surface area contributed by atoms with Crippen molar-refractivity contribution in [3.05, 3.63) is 95.6 Å². The van der Waals surface area contributed by atoms with Gasteiger partial charge in [0, 0.05) is 17.5 Å². The van der Waals surface area contributed by atoms with E-state index in [9.17, 15) is 4.79 Å². The second-order valence-corrected chi connectivity index (χ2v) is 9.89. The fourth-order valence-corrected chi connectivity index (χ4v) is 5.46. The summed E-state index contributed by atoms with van der Waals surface area (Å²) in [5.41, 5.74) is 4.22. The number of benzene rings is 3. The number of hydrazone groups is 1. The Bertz CT molecular complexity index is 1240. The van der Waals surface area contributed by atoms with Crippen LogP contribution < -0.4 is 9.47 Å². The van der Waals surface area contributed by atoms with E-state index in [0.717, 1.165) is 60.7 Å². The average Bonchev–Trinajstić information content (AvgIpc) is 3.40. The van der Waals surface area contributed by atoms with Gasteiger partial charge in [0.25, 0.3) is 5.91 Å². The fraction of sp³-hybridized carbons (Fsp3) is 0.355. The zero-order chi connectivity index (χ0) is 25.6. The van der Waals surface area contributed by atoms with E-state index in [4.69, 9.17) is 14.6 Å². The van der Waals surface area contributed by atoms with Crippen molar-refractivity contribution in [3.63, 3.8) is 0 Å². The van der Waals surface area contributed by atoms with Crippen LogP contribution in [0.2, 0.25) is 0 Å². The highest BCUT2D eigenvalue weighted by atomic mass is 16.5. The summed E-state index contributed by atoms with van der Waals surface area (Å²) in [5.74, 6) is 2.24. The minimum Gasteiger partial charge on any atom is -0.497 e. The van der Waals surface area contributed by atoms with Crippen LogP contribution in [0.25, 0.3) is 0 Å². The molecule has 1 amide bonds. The first-order valence-electron chi connectivity index (χ1n) is 13.1. The summed E-state index contributed by atoms with van der Waals surface area (Å²) in [6.07, 6.45) is 3.95. The van der Waals surface area contributed by atoms with Crippen LogP contribution in [0, 0.1) is 5.92 Å². The van der Waals surface area contributed by atoms with Gasteiger partial charge in [-0.1, -0.05) is 60.7 Å². The lowest BCUT2D eigenvalue weighted by atomic mass is 9.90. The molecule has 3 aromatic rings. The molecule has 192 valence electrons. The maximum Gasteiger partial charge on any atom is 0.257 e. The molecule has 0 radical (unpaired) electrons. The maximum atomic E-state index is 13.7. The van der Waals surface area contributed by atoms with Crippen LogP contribution in [0.1, 0.15) is 42.0 Å². The number of likely N-dealkylation sites (tertiary alicyclic amines) is 1. The number of ether oxygens (including phenoxy) is 2. The van der Waals surface area contributed by atoms with Gasteiger partial charge in [-0.2, -0.15) is 5.10 Å². The second kappa shape index (κ2) is 11.6. The molecular formula is C31H35N3O3. The highest BCUT2D eigenvalue weighted by Gasteiger charge is 2.35. The van der Waals surface area contributed by atoms with Gasteiger partial charge < -0.3 is 9.47 Å². The van der Waals surface area contributed by atoms with E-state index in [0.29, 0.717) is 18.9 Å². The molecule has 1 atom stereocenters. The number of para-hydroxylation sites is 1. The van der Waals surface area contributed by atoms with Gasteiger partial charge in [-0.25, -0.2) is 5.01 Å². The number of piperidine rings is 1. The Labute approximate surface area is 219 Å². The molecule has 0 N–H and O–H groups in total. The average molecular weight is 498 g/mol. The van der Waals surface area contributed by atoms with Crippen molar-refractivity contribution in [1.82, 2.24) is 9.91 Å². The lowest BCUT2D eigenvalue weighted by Gasteiger charge is -2.33. The molecule has 3 aromatic carbocycles. The van der Waals surface area contributed by atoms with Crippen molar-refractivity contribution in [3.8, 4) is 11.5 Å². The van der Waals surface area contributed by atoms with E-state index in [-0.39, 0.29) is 11.9 Å². The van der Waals surface area contributed by atoms with Crippen molar-refractivity contribution in [2.45, 2.75) is 31.7 Å². The van der Waals surface area contributed by atoms with Crippen molar-refractivity contribution in [1.29, 1.82) is 0 Å². The normalized spacial score (nSPS) is 18.5. The summed E-state index contributed by atoms with van der Waals surface area (Å²) in [5, 5.41) is 6.55. The maximum absolute atomic E-state index is 13.7. The molecule has 1 fully saturated rings. The van der Waals surface area contributed by atoms with E-state index >= 15 is 0 Å². The number of carbonyl (C=O) groups excluding carboxylic acids is 1. The Balaban J connectivity index is 1.30. The topological polar surface area (TPSA) is 54.4 Å². The first-order valence-corrected chi connectivity index (χ1v) is 13.1. The summed E-state index contributed by atoms with van der Waals surface area (Å²) in [6.45, 7) is 2.24.